The molecule has 0 aliphatic carbocycles. The molecule has 3 rings (SSSR count). The second kappa shape index (κ2) is 9.28. The van der Waals surface area contributed by atoms with E-state index in [2.05, 4.69) is 61.7 Å². The SMILES string of the molecule is CCCC#Cc1c(C2=NCC(CNC(C)C)=CN2)n(C(C)C)c2ccc(F)cc12. The van der Waals surface area contributed by atoms with Crippen LogP contribution < -0.4 is 10.6 Å². The van der Waals surface area contributed by atoms with Crippen LogP contribution in [0.15, 0.2) is 35.0 Å². The number of fused-ring (bicyclic) bond motifs is 1. The first-order chi connectivity index (χ1) is 13.9. The predicted molar refractivity (Wildman–Crippen MR) is 120 cm³/mol. The Hall–Kier alpha value is -2.58. The molecule has 1 aliphatic rings. The number of amidine groups is 1. The maximum atomic E-state index is 14.1. The van der Waals surface area contributed by atoms with Gasteiger partial charge < -0.3 is 15.2 Å². The Morgan fingerprint density at radius 3 is 2.69 bits per heavy atom. The Labute approximate surface area is 173 Å². The van der Waals surface area contributed by atoms with Gasteiger partial charge in [0.25, 0.3) is 0 Å². The summed E-state index contributed by atoms with van der Waals surface area (Å²) in [6.45, 7) is 12.1. The fourth-order valence-electron chi connectivity index (χ4n) is 3.49. The Morgan fingerprint density at radius 1 is 1.28 bits per heavy atom. The lowest BCUT2D eigenvalue weighted by Crippen LogP contribution is -2.32. The van der Waals surface area contributed by atoms with Crippen molar-refractivity contribution in [3.8, 4) is 11.8 Å². The highest BCUT2D eigenvalue weighted by Crippen LogP contribution is 2.30. The van der Waals surface area contributed by atoms with Crippen molar-refractivity contribution < 1.29 is 4.39 Å². The number of nitrogens with zero attached hydrogens (tertiary/aromatic N) is 2. The van der Waals surface area contributed by atoms with Gasteiger partial charge in [0.1, 0.15) is 11.5 Å². The van der Waals surface area contributed by atoms with Crippen LogP contribution in [0.1, 0.15) is 64.8 Å². The molecule has 0 saturated heterocycles. The topological polar surface area (TPSA) is 41.4 Å². The van der Waals surface area contributed by atoms with Gasteiger partial charge in [-0.2, -0.15) is 0 Å². The van der Waals surface area contributed by atoms with E-state index in [1.54, 1.807) is 6.07 Å². The number of benzene rings is 1. The summed E-state index contributed by atoms with van der Waals surface area (Å²) < 4.78 is 16.3. The standard InChI is InChI=1S/C24H31FN4/c1-6-7-8-9-20-21-12-19(25)10-11-22(21)29(17(4)5)23(20)24-27-14-18(15-28-24)13-26-16(2)3/h10-12,14,16-17,26H,6-7,13,15H2,1-5H3,(H,27,28). The van der Waals surface area contributed by atoms with Gasteiger partial charge in [-0.1, -0.05) is 32.6 Å². The molecular weight excluding hydrogens is 363 g/mol. The van der Waals surface area contributed by atoms with E-state index in [9.17, 15) is 4.39 Å². The van der Waals surface area contributed by atoms with Gasteiger partial charge in [-0.15, -0.1) is 0 Å². The maximum absolute atomic E-state index is 14.1. The summed E-state index contributed by atoms with van der Waals surface area (Å²) in [5, 5.41) is 7.65. The minimum Gasteiger partial charge on any atom is -0.345 e. The number of hydrogen-bond donors (Lipinski definition) is 2. The van der Waals surface area contributed by atoms with Gasteiger partial charge >= 0.3 is 0 Å². The predicted octanol–water partition coefficient (Wildman–Crippen LogP) is 4.74. The van der Waals surface area contributed by atoms with Crippen LogP contribution in [0, 0.1) is 17.7 Å². The molecule has 0 bridgehead atoms. The van der Waals surface area contributed by atoms with E-state index >= 15 is 0 Å². The van der Waals surface area contributed by atoms with Gasteiger partial charge in [0.15, 0.2) is 5.84 Å². The highest BCUT2D eigenvalue weighted by molar-refractivity contribution is 6.07. The number of hydrogen-bond acceptors (Lipinski definition) is 3. The molecule has 0 fully saturated rings. The van der Waals surface area contributed by atoms with Crippen LogP contribution in [-0.2, 0) is 0 Å². The highest BCUT2D eigenvalue weighted by Gasteiger charge is 2.23. The smallest absolute Gasteiger partial charge is 0.150 e. The summed E-state index contributed by atoms with van der Waals surface area (Å²) in [6.07, 6.45) is 3.84. The summed E-state index contributed by atoms with van der Waals surface area (Å²) in [5.74, 6) is 7.11. The number of unbranched alkanes of at least 4 members (excludes halogenated alkanes) is 1. The number of rotatable bonds is 6. The van der Waals surface area contributed by atoms with Gasteiger partial charge in [0.2, 0.25) is 0 Å². The number of aromatic nitrogens is 1. The lowest BCUT2D eigenvalue weighted by atomic mass is 10.1. The largest absolute Gasteiger partial charge is 0.345 e. The third-order valence-corrected chi connectivity index (χ3v) is 4.88. The molecule has 0 unspecified atom stereocenters. The molecule has 5 heteroatoms. The molecule has 0 spiro atoms. The van der Waals surface area contributed by atoms with Crippen molar-refractivity contribution in [2.75, 3.05) is 13.1 Å². The van der Waals surface area contributed by atoms with E-state index in [-0.39, 0.29) is 11.9 Å². The van der Waals surface area contributed by atoms with Gasteiger partial charge in [-0.3, -0.25) is 4.99 Å². The van der Waals surface area contributed by atoms with E-state index in [0.717, 1.165) is 47.4 Å². The van der Waals surface area contributed by atoms with Gasteiger partial charge in [-0.05, 0) is 44.0 Å². The first-order valence-electron chi connectivity index (χ1n) is 10.5. The second-order valence-electron chi connectivity index (χ2n) is 8.05. The monoisotopic (exact) mass is 394 g/mol. The zero-order valence-corrected chi connectivity index (χ0v) is 18.1. The third kappa shape index (κ3) is 4.71. The van der Waals surface area contributed by atoms with E-state index in [0.29, 0.717) is 12.6 Å². The minimum absolute atomic E-state index is 0.192. The number of nitrogens with one attached hydrogen (secondary N) is 2. The third-order valence-electron chi connectivity index (χ3n) is 4.88. The molecule has 2 heterocycles. The quantitative estimate of drug-likeness (QED) is 0.695. The minimum atomic E-state index is -0.246. The molecule has 0 radical (unpaired) electrons. The molecule has 0 saturated carbocycles. The van der Waals surface area contributed by atoms with E-state index in [1.807, 2.05) is 12.3 Å². The molecule has 2 N–H and O–H groups in total. The molecule has 154 valence electrons. The first-order valence-corrected chi connectivity index (χ1v) is 10.5. The second-order valence-corrected chi connectivity index (χ2v) is 8.05. The van der Waals surface area contributed by atoms with Crippen LogP contribution >= 0.6 is 0 Å². The molecular formula is C24H31FN4. The van der Waals surface area contributed by atoms with Crippen LogP contribution in [-0.4, -0.2) is 29.5 Å². The highest BCUT2D eigenvalue weighted by atomic mass is 19.1. The van der Waals surface area contributed by atoms with Crippen molar-refractivity contribution in [2.45, 2.75) is 59.5 Å². The zero-order chi connectivity index (χ0) is 21.0. The molecule has 1 aromatic carbocycles. The fourth-order valence-corrected chi connectivity index (χ4v) is 3.49. The molecule has 0 atom stereocenters. The van der Waals surface area contributed by atoms with Gasteiger partial charge in [0, 0.05) is 36.6 Å². The van der Waals surface area contributed by atoms with E-state index < -0.39 is 0 Å². The molecule has 0 amide bonds. The fraction of sp³-hybridized carbons (Fsp3) is 0.458. The van der Waals surface area contributed by atoms with Crippen molar-refractivity contribution in [1.82, 2.24) is 15.2 Å². The Bertz CT molecular complexity index is 999. The lowest BCUT2D eigenvalue weighted by Gasteiger charge is -2.20. The average Bonchev–Trinajstić information content (AvgIpc) is 3.01. The average molecular weight is 395 g/mol. The van der Waals surface area contributed by atoms with Crippen LogP contribution in [0.3, 0.4) is 0 Å². The molecule has 1 aliphatic heterocycles. The Kier molecular flexibility index (Phi) is 6.76. The van der Waals surface area contributed by atoms with Crippen LogP contribution in [0.5, 0.6) is 0 Å². The first kappa shape index (κ1) is 21.1. The normalized spacial score (nSPS) is 13.9. The summed E-state index contributed by atoms with van der Waals surface area (Å²) in [7, 11) is 0. The Morgan fingerprint density at radius 2 is 2.07 bits per heavy atom. The van der Waals surface area contributed by atoms with Crippen LogP contribution in [0.25, 0.3) is 10.9 Å². The zero-order valence-electron chi connectivity index (χ0n) is 18.1. The van der Waals surface area contributed by atoms with Gasteiger partial charge in [0.05, 0.1) is 17.6 Å². The van der Waals surface area contributed by atoms with Gasteiger partial charge in [-0.25, -0.2) is 4.39 Å². The summed E-state index contributed by atoms with van der Waals surface area (Å²) in [6, 6.07) is 5.57. The molecule has 29 heavy (non-hydrogen) atoms. The van der Waals surface area contributed by atoms with Crippen molar-refractivity contribution in [2.24, 2.45) is 4.99 Å². The van der Waals surface area contributed by atoms with Crippen LogP contribution in [0.4, 0.5) is 4.39 Å². The van der Waals surface area contributed by atoms with Crippen molar-refractivity contribution in [1.29, 1.82) is 0 Å². The molecule has 2 aromatic rings. The summed E-state index contributed by atoms with van der Waals surface area (Å²) in [5.41, 5.74) is 3.98. The number of aliphatic imine (C=N–C) groups is 1. The van der Waals surface area contributed by atoms with E-state index in [4.69, 9.17) is 4.99 Å². The summed E-state index contributed by atoms with van der Waals surface area (Å²) in [4.78, 5) is 4.82. The Balaban J connectivity index is 2.08. The van der Waals surface area contributed by atoms with Crippen LogP contribution in [0.2, 0.25) is 0 Å². The number of halogens is 1. The molecule has 4 nitrogen and oxygen atoms in total. The lowest BCUT2D eigenvalue weighted by molar-refractivity contribution is 0.610. The van der Waals surface area contributed by atoms with Crippen molar-refractivity contribution >= 4 is 16.7 Å². The van der Waals surface area contributed by atoms with Crippen molar-refractivity contribution in [3.63, 3.8) is 0 Å². The van der Waals surface area contributed by atoms with E-state index in [1.165, 1.54) is 11.6 Å². The van der Waals surface area contributed by atoms with Crippen molar-refractivity contribution in [3.05, 3.63) is 47.0 Å². The molecule has 1 aromatic heterocycles. The maximum Gasteiger partial charge on any atom is 0.150 e. The summed E-state index contributed by atoms with van der Waals surface area (Å²) >= 11 is 0.